The number of hydrogen-bond acceptors (Lipinski definition) is 6. The van der Waals surface area contributed by atoms with Gasteiger partial charge in [-0.3, -0.25) is 4.79 Å². The van der Waals surface area contributed by atoms with Crippen LogP contribution >= 0.6 is 11.8 Å². The molecule has 30 heavy (non-hydrogen) atoms. The van der Waals surface area contributed by atoms with Gasteiger partial charge < -0.3 is 9.15 Å². The second-order valence-electron chi connectivity index (χ2n) is 7.88. The van der Waals surface area contributed by atoms with Crippen molar-refractivity contribution in [1.29, 1.82) is 0 Å². The maximum absolute atomic E-state index is 13.2. The Hall–Kier alpha value is -2.60. The van der Waals surface area contributed by atoms with Crippen LogP contribution in [0.5, 0.6) is 5.75 Å². The first-order valence-corrected chi connectivity index (χ1v) is 11.0. The zero-order chi connectivity index (χ0) is 21.8. The van der Waals surface area contributed by atoms with Gasteiger partial charge in [-0.15, -0.1) is 10.2 Å². The normalized spacial score (nSPS) is 12.4. The Kier molecular flexibility index (Phi) is 6.98. The summed E-state index contributed by atoms with van der Waals surface area (Å²) in [7, 11) is 1.62. The molecule has 1 aromatic heterocycles. The maximum Gasteiger partial charge on any atom is 0.277 e. The molecule has 0 aliphatic carbocycles. The molecule has 0 N–H and O–H groups in total. The minimum atomic E-state index is -0.337. The van der Waals surface area contributed by atoms with Gasteiger partial charge in [0.2, 0.25) is 5.89 Å². The van der Waals surface area contributed by atoms with E-state index in [0.29, 0.717) is 17.0 Å². The Morgan fingerprint density at radius 1 is 0.967 bits per heavy atom. The van der Waals surface area contributed by atoms with Crippen molar-refractivity contribution in [2.75, 3.05) is 7.11 Å². The molecule has 6 heteroatoms. The lowest BCUT2D eigenvalue weighted by Gasteiger charge is -2.17. The summed E-state index contributed by atoms with van der Waals surface area (Å²) in [4.78, 5) is 13.2. The second-order valence-corrected chi connectivity index (χ2v) is 9.17. The van der Waals surface area contributed by atoms with Crippen molar-refractivity contribution in [1.82, 2.24) is 10.2 Å². The number of Topliss-reactive ketones (excluding diaryl/α,β-unsaturated/α-hetero) is 1. The standard InChI is InChI=1S/C24H28N2O3S/c1-14(2)18-9-12-20(21(13-18)15(3)4)22(27)16(5)30-24-26-25-23(29-24)17-7-10-19(28-6)11-8-17/h7-16H,1-6H3/t16-/m0/s1. The Balaban J connectivity index is 1.77. The van der Waals surface area contributed by atoms with Gasteiger partial charge in [-0.05, 0) is 54.2 Å². The van der Waals surface area contributed by atoms with Gasteiger partial charge in [0.25, 0.3) is 5.22 Å². The van der Waals surface area contributed by atoms with E-state index in [0.717, 1.165) is 22.4 Å². The van der Waals surface area contributed by atoms with Crippen molar-refractivity contribution in [3.8, 4) is 17.2 Å². The number of thioether (sulfide) groups is 1. The zero-order valence-corrected chi connectivity index (χ0v) is 19.1. The third kappa shape index (κ3) is 4.93. The largest absolute Gasteiger partial charge is 0.497 e. The second kappa shape index (κ2) is 9.47. The number of rotatable bonds is 8. The smallest absolute Gasteiger partial charge is 0.277 e. The predicted octanol–water partition coefficient (Wildman–Crippen LogP) is 6.36. The highest BCUT2D eigenvalue weighted by Gasteiger charge is 2.23. The van der Waals surface area contributed by atoms with Gasteiger partial charge in [0.05, 0.1) is 12.4 Å². The SMILES string of the molecule is COc1ccc(-c2nnc(S[C@@H](C)C(=O)c3ccc(C(C)C)cc3C(C)C)o2)cc1. The van der Waals surface area contributed by atoms with Crippen LogP contribution in [0.25, 0.3) is 11.5 Å². The third-order valence-electron chi connectivity index (χ3n) is 5.02. The van der Waals surface area contributed by atoms with E-state index in [9.17, 15) is 4.79 Å². The molecule has 0 fully saturated rings. The molecule has 2 aromatic carbocycles. The lowest BCUT2D eigenvalue weighted by Crippen LogP contribution is -2.16. The van der Waals surface area contributed by atoms with Crippen molar-refractivity contribution in [3.05, 3.63) is 59.2 Å². The van der Waals surface area contributed by atoms with Gasteiger partial charge in [0.1, 0.15) is 5.75 Å². The topological polar surface area (TPSA) is 65.2 Å². The fourth-order valence-corrected chi connectivity index (χ4v) is 3.93. The number of nitrogens with zero attached hydrogens (tertiary/aromatic N) is 2. The third-order valence-corrected chi connectivity index (χ3v) is 5.95. The molecule has 1 atom stereocenters. The number of methoxy groups -OCH3 is 1. The highest BCUT2D eigenvalue weighted by atomic mass is 32.2. The fraction of sp³-hybridized carbons (Fsp3) is 0.375. The number of benzene rings is 2. The number of ketones is 1. The molecule has 0 saturated heterocycles. The molecule has 1 heterocycles. The summed E-state index contributed by atoms with van der Waals surface area (Å²) in [5, 5.41) is 8.27. The molecule has 0 aliphatic rings. The molecule has 0 amide bonds. The molecule has 0 aliphatic heterocycles. The van der Waals surface area contributed by atoms with Crippen LogP contribution in [0.3, 0.4) is 0 Å². The van der Waals surface area contributed by atoms with E-state index >= 15 is 0 Å². The Bertz CT molecular complexity index is 1010. The van der Waals surface area contributed by atoms with Crippen LogP contribution in [0.4, 0.5) is 0 Å². The first kappa shape index (κ1) is 22.1. The number of carbonyl (C=O) groups is 1. The quantitative estimate of drug-likeness (QED) is 0.310. The summed E-state index contributed by atoms with van der Waals surface area (Å²) in [5.41, 5.74) is 3.91. The van der Waals surface area contributed by atoms with Gasteiger partial charge in [0.15, 0.2) is 5.78 Å². The van der Waals surface area contributed by atoms with Crippen LogP contribution in [-0.4, -0.2) is 28.3 Å². The van der Waals surface area contributed by atoms with E-state index in [1.807, 2.05) is 37.3 Å². The average Bonchev–Trinajstić information content (AvgIpc) is 3.21. The summed E-state index contributed by atoms with van der Waals surface area (Å²) in [5.74, 6) is 1.95. The van der Waals surface area contributed by atoms with Crippen molar-refractivity contribution in [2.24, 2.45) is 0 Å². The molecule has 0 spiro atoms. The molecular weight excluding hydrogens is 396 g/mol. The first-order valence-electron chi connectivity index (χ1n) is 10.1. The molecule has 3 aromatic rings. The van der Waals surface area contributed by atoms with E-state index in [-0.39, 0.29) is 17.0 Å². The first-order chi connectivity index (χ1) is 14.3. The van der Waals surface area contributed by atoms with Crippen molar-refractivity contribution >= 4 is 17.5 Å². The van der Waals surface area contributed by atoms with E-state index in [2.05, 4.69) is 50.0 Å². The molecular formula is C24H28N2O3S. The molecule has 158 valence electrons. The van der Waals surface area contributed by atoms with Gasteiger partial charge >= 0.3 is 0 Å². The van der Waals surface area contributed by atoms with Crippen LogP contribution in [0.15, 0.2) is 52.1 Å². The molecule has 0 saturated carbocycles. The van der Waals surface area contributed by atoms with Crippen LogP contribution in [0.2, 0.25) is 0 Å². The molecule has 3 rings (SSSR count). The fourth-order valence-electron chi connectivity index (χ4n) is 3.17. The number of aromatic nitrogens is 2. The summed E-state index contributed by atoms with van der Waals surface area (Å²) in [6.07, 6.45) is 0. The van der Waals surface area contributed by atoms with Crippen molar-refractivity contribution in [2.45, 2.75) is 56.9 Å². The summed E-state index contributed by atoms with van der Waals surface area (Å²) in [6, 6.07) is 13.6. The van der Waals surface area contributed by atoms with Gasteiger partial charge in [0, 0.05) is 11.1 Å². The number of ether oxygens (including phenoxy) is 1. The minimum Gasteiger partial charge on any atom is -0.497 e. The summed E-state index contributed by atoms with van der Waals surface area (Å²) in [6.45, 7) is 10.4. The van der Waals surface area contributed by atoms with Gasteiger partial charge in [-0.25, -0.2) is 0 Å². The highest BCUT2D eigenvalue weighted by molar-refractivity contribution is 8.00. The highest BCUT2D eigenvalue weighted by Crippen LogP contribution is 2.31. The van der Waals surface area contributed by atoms with Crippen molar-refractivity contribution in [3.63, 3.8) is 0 Å². The van der Waals surface area contributed by atoms with E-state index in [1.54, 1.807) is 7.11 Å². The van der Waals surface area contributed by atoms with E-state index < -0.39 is 0 Å². The lowest BCUT2D eigenvalue weighted by molar-refractivity contribution is 0.0992. The molecule has 0 radical (unpaired) electrons. The average molecular weight is 425 g/mol. The Morgan fingerprint density at radius 3 is 2.27 bits per heavy atom. The molecule has 5 nitrogen and oxygen atoms in total. The Labute approximate surface area is 182 Å². The van der Waals surface area contributed by atoms with Crippen LogP contribution in [0, 0.1) is 0 Å². The van der Waals surface area contributed by atoms with Gasteiger partial charge in [-0.2, -0.15) is 0 Å². The maximum atomic E-state index is 13.2. The van der Waals surface area contributed by atoms with Gasteiger partial charge in [-0.1, -0.05) is 57.7 Å². The van der Waals surface area contributed by atoms with Crippen LogP contribution < -0.4 is 4.74 Å². The minimum absolute atomic E-state index is 0.0724. The predicted molar refractivity (Wildman–Crippen MR) is 121 cm³/mol. The van der Waals surface area contributed by atoms with E-state index in [1.165, 1.54) is 17.3 Å². The number of carbonyl (C=O) groups excluding carboxylic acids is 1. The Morgan fingerprint density at radius 2 is 1.67 bits per heavy atom. The molecule has 0 bridgehead atoms. The van der Waals surface area contributed by atoms with E-state index in [4.69, 9.17) is 9.15 Å². The monoisotopic (exact) mass is 424 g/mol. The summed E-state index contributed by atoms with van der Waals surface area (Å²) >= 11 is 1.29. The zero-order valence-electron chi connectivity index (χ0n) is 18.3. The van der Waals surface area contributed by atoms with Crippen LogP contribution in [0.1, 0.15) is 67.9 Å². The lowest BCUT2D eigenvalue weighted by atomic mass is 9.89. The molecule has 0 unspecified atom stereocenters. The summed E-state index contributed by atoms with van der Waals surface area (Å²) < 4.78 is 10.9. The van der Waals surface area contributed by atoms with Crippen LogP contribution in [-0.2, 0) is 0 Å². The van der Waals surface area contributed by atoms with Crippen molar-refractivity contribution < 1.29 is 13.9 Å². The number of hydrogen-bond donors (Lipinski definition) is 0.